The number of rotatable bonds is 7. The van der Waals surface area contributed by atoms with E-state index in [1.165, 1.54) is 12.1 Å². The van der Waals surface area contributed by atoms with E-state index in [-0.39, 0.29) is 12.4 Å². The maximum atomic E-state index is 13.0. The molecule has 156 valence electrons. The van der Waals surface area contributed by atoms with E-state index in [1.807, 2.05) is 25.3 Å². The highest BCUT2D eigenvalue weighted by atomic mass is 19.1. The highest BCUT2D eigenvalue weighted by Gasteiger charge is 2.20. The second kappa shape index (κ2) is 10.9. The minimum absolute atomic E-state index is 0.222. The molecule has 0 saturated carbocycles. The molecule has 1 aliphatic rings. The predicted molar refractivity (Wildman–Crippen MR) is 113 cm³/mol. The van der Waals surface area contributed by atoms with Crippen molar-refractivity contribution >= 4 is 5.96 Å². The zero-order chi connectivity index (χ0) is 20.5. The van der Waals surface area contributed by atoms with Crippen LogP contribution in [0.3, 0.4) is 0 Å². The lowest BCUT2D eigenvalue weighted by Crippen LogP contribution is -2.48. The molecule has 0 bridgehead atoms. The molecule has 6 nitrogen and oxygen atoms in total. The largest absolute Gasteiger partial charge is 0.386 e. The fraction of sp³-hybridized carbons (Fsp3) is 0.455. The van der Waals surface area contributed by atoms with Gasteiger partial charge in [-0.15, -0.1) is 0 Å². The van der Waals surface area contributed by atoms with E-state index in [9.17, 15) is 9.50 Å². The summed E-state index contributed by atoms with van der Waals surface area (Å²) in [5.74, 6) is 0.394. The van der Waals surface area contributed by atoms with Crippen LogP contribution in [0.15, 0.2) is 53.7 Å². The summed E-state index contributed by atoms with van der Waals surface area (Å²) in [6, 6.07) is 12.3. The number of aliphatic imine (C=N–C) groups is 1. The van der Waals surface area contributed by atoms with Crippen molar-refractivity contribution in [3.05, 3.63) is 65.7 Å². The molecule has 2 heterocycles. The van der Waals surface area contributed by atoms with Crippen LogP contribution in [0.2, 0.25) is 0 Å². The van der Waals surface area contributed by atoms with Crippen LogP contribution in [0.5, 0.6) is 0 Å². The third kappa shape index (κ3) is 6.80. The Morgan fingerprint density at radius 1 is 1.24 bits per heavy atom. The molecule has 3 rings (SSSR count). The van der Waals surface area contributed by atoms with E-state index in [0.29, 0.717) is 17.6 Å². The first-order valence-electron chi connectivity index (χ1n) is 10.2. The average molecular weight is 400 g/mol. The highest BCUT2D eigenvalue weighted by Crippen LogP contribution is 2.15. The van der Waals surface area contributed by atoms with Crippen molar-refractivity contribution in [1.29, 1.82) is 0 Å². The van der Waals surface area contributed by atoms with Crippen molar-refractivity contribution in [3.63, 3.8) is 0 Å². The predicted octanol–water partition coefficient (Wildman–Crippen LogP) is 2.47. The van der Waals surface area contributed by atoms with E-state index in [4.69, 9.17) is 0 Å². The molecule has 1 unspecified atom stereocenters. The van der Waals surface area contributed by atoms with Crippen LogP contribution < -0.4 is 10.6 Å². The van der Waals surface area contributed by atoms with Gasteiger partial charge in [0.05, 0.1) is 18.3 Å². The van der Waals surface area contributed by atoms with Crippen LogP contribution in [0, 0.1) is 5.82 Å². The van der Waals surface area contributed by atoms with Crippen LogP contribution >= 0.6 is 0 Å². The maximum Gasteiger partial charge on any atom is 0.191 e. The van der Waals surface area contributed by atoms with Crippen molar-refractivity contribution in [2.75, 3.05) is 26.2 Å². The number of nitrogens with zero attached hydrogens (tertiary/aromatic N) is 3. The minimum atomic E-state index is -0.758. The number of guanidine groups is 1. The van der Waals surface area contributed by atoms with Gasteiger partial charge in [-0.05, 0) is 49.6 Å². The first-order valence-corrected chi connectivity index (χ1v) is 10.2. The zero-order valence-electron chi connectivity index (χ0n) is 16.9. The fourth-order valence-corrected chi connectivity index (χ4v) is 3.44. The Morgan fingerprint density at radius 2 is 2.00 bits per heavy atom. The van der Waals surface area contributed by atoms with Gasteiger partial charge in [-0.1, -0.05) is 18.2 Å². The van der Waals surface area contributed by atoms with Crippen molar-refractivity contribution in [3.8, 4) is 0 Å². The van der Waals surface area contributed by atoms with Gasteiger partial charge in [-0.2, -0.15) is 0 Å². The first-order chi connectivity index (χ1) is 14.1. The molecule has 3 N–H and O–H groups in total. The molecule has 1 saturated heterocycles. The lowest BCUT2D eigenvalue weighted by Gasteiger charge is -2.32. The van der Waals surface area contributed by atoms with Crippen LogP contribution in [-0.2, 0) is 6.54 Å². The van der Waals surface area contributed by atoms with Gasteiger partial charge in [-0.25, -0.2) is 4.39 Å². The molecule has 0 radical (unpaired) electrons. The van der Waals surface area contributed by atoms with Crippen molar-refractivity contribution < 1.29 is 9.50 Å². The molecule has 1 aromatic heterocycles. The summed E-state index contributed by atoms with van der Waals surface area (Å²) in [6.07, 6.45) is 3.13. The van der Waals surface area contributed by atoms with Crippen LogP contribution in [0.25, 0.3) is 0 Å². The molecule has 1 fully saturated rings. The number of aliphatic hydroxyl groups is 1. The molecule has 29 heavy (non-hydrogen) atoms. The van der Waals surface area contributed by atoms with Crippen molar-refractivity contribution in [2.24, 2.45) is 4.99 Å². The topological polar surface area (TPSA) is 72.8 Å². The maximum absolute atomic E-state index is 13.0. The van der Waals surface area contributed by atoms with Gasteiger partial charge in [-0.3, -0.25) is 14.9 Å². The van der Waals surface area contributed by atoms with Crippen LogP contribution in [0.1, 0.15) is 37.1 Å². The molecule has 2 aromatic rings. The Bertz CT molecular complexity index is 761. The van der Waals surface area contributed by atoms with Crippen LogP contribution in [0.4, 0.5) is 4.39 Å². The quantitative estimate of drug-likeness (QED) is 0.493. The number of aromatic nitrogens is 1. The third-order valence-corrected chi connectivity index (χ3v) is 5.06. The Balaban J connectivity index is 1.48. The molecule has 1 aliphatic heterocycles. The van der Waals surface area contributed by atoms with E-state index in [1.54, 1.807) is 12.1 Å². The van der Waals surface area contributed by atoms with Gasteiger partial charge in [0.1, 0.15) is 5.82 Å². The summed E-state index contributed by atoms with van der Waals surface area (Å²) in [7, 11) is 0. The smallest absolute Gasteiger partial charge is 0.191 e. The van der Waals surface area contributed by atoms with Gasteiger partial charge >= 0.3 is 0 Å². The highest BCUT2D eigenvalue weighted by molar-refractivity contribution is 5.80. The van der Waals surface area contributed by atoms with Gasteiger partial charge in [0.15, 0.2) is 5.96 Å². The number of likely N-dealkylation sites (tertiary alicyclic amines) is 1. The molecule has 0 aliphatic carbocycles. The first kappa shape index (κ1) is 21.2. The Hall–Kier alpha value is -2.51. The number of halogens is 1. The number of nitrogens with one attached hydrogen (secondary N) is 2. The Morgan fingerprint density at radius 3 is 2.66 bits per heavy atom. The summed E-state index contributed by atoms with van der Waals surface area (Å²) in [4.78, 5) is 11.3. The summed E-state index contributed by atoms with van der Waals surface area (Å²) < 4.78 is 13.0. The summed E-state index contributed by atoms with van der Waals surface area (Å²) in [5.41, 5.74) is 1.76. The monoisotopic (exact) mass is 399 g/mol. The molecule has 0 spiro atoms. The molecule has 1 aromatic carbocycles. The lowest BCUT2D eigenvalue weighted by molar-refractivity contribution is 0.186. The summed E-state index contributed by atoms with van der Waals surface area (Å²) in [6.45, 7) is 5.88. The molecule has 0 amide bonds. The van der Waals surface area contributed by atoms with Gasteiger partial charge < -0.3 is 15.7 Å². The number of aliphatic hydroxyl groups excluding tert-OH is 1. The number of pyridine rings is 1. The minimum Gasteiger partial charge on any atom is -0.386 e. The number of benzene rings is 1. The van der Waals surface area contributed by atoms with Crippen LogP contribution in [-0.4, -0.2) is 53.2 Å². The SMILES string of the molecule is CCNC(=NCC(O)c1ccc(F)cc1)NC1CCN(Cc2ccccn2)CC1. The zero-order valence-corrected chi connectivity index (χ0v) is 16.9. The molecule has 1 atom stereocenters. The number of hydrogen-bond donors (Lipinski definition) is 3. The normalized spacial score (nSPS) is 17.1. The lowest BCUT2D eigenvalue weighted by atomic mass is 10.0. The van der Waals surface area contributed by atoms with Crippen molar-refractivity contribution in [2.45, 2.75) is 38.5 Å². The van der Waals surface area contributed by atoms with E-state index in [2.05, 4.69) is 31.6 Å². The number of hydrogen-bond acceptors (Lipinski definition) is 4. The van der Waals surface area contributed by atoms with E-state index in [0.717, 1.165) is 44.7 Å². The van der Waals surface area contributed by atoms with Gasteiger partial charge in [0.25, 0.3) is 0 Å². The Kier molecular flexibility index (Phi) is 7.95. The van der Waals surface area contributed by atoms with Gasteiger partial charge in [0, 0.05) is 38.4 Å². The molecule has 7 heteroatoms. The fourth-order valence-electron chi connectivity index (χ4n) is 3.44. The third-order valence-electron chi connectivity index (χ3n) is 5.06. The average Bonchev–Trinajstić information content (AvgIpc) is 2.74. The second-order valence-corrected chi connectivity index (χ2v) is 7.30. The standard InChI is InChI=1S/C22H30FN5O/c1-2-24-22(26-15-21(29)17-6-8-18(23)9-7-17)27-19-10-13-28(14-11-19)16-20-5-3-4-12-25-20/h3-9,12,19,21,29H,2,10-11,13-16H2,1H3,(H2,24,26,27). The van der Waals surface area contributed by atoms with Gasteiger partial charge in [0.2, 0.25) is 0 Å². The second-order valence-electron chi connectivity index (χ2n) is 7.30. The molecular weight excluding hydrogens is 369 g/mol. The van der Waals surface area contributed by atoms with E-state index < -0.39 is 6.10 Å². The Labute approximate surface area is 171 Å². The summed E-state index contributed by atoms with van der Waals surface area (Å²) in [5, 5.41) is 17.0. The summed E-state index contributed by atoms with van der Waals surface area (Å²) >= 11 is 0. The van der Waals surface area contributed by atoms with Crippen molar-refractivity contribution in [1.82, 2.24) is 20.5 Å². The number of piperidine rings is 1. The molecular formula is C22H30FN5O. The van der Waals surface area contributed by atoms with E-state index >= 15 is 0 Å².